The highest BCUT2D eigenvalue weighted by Gasteiger charge is 2.17. The summed E-state index contributed by atoms with van der Waals surface area (Å²) in [5.74, 6) is 2.19. The van der Waals surface area contributed by atoms with E-state index >= 15 is 0 Å². The third-order valence-corrected chi connectivity index (χ3v) is 6.31. The first-order valence-electron chi connectivity index (χ1n) is 11.7. The quantitative estimate of drug-likeness (QED) is 0.415. The van der Waals surface area contributed by atoms with E-state index in [0.717, 1.165) is 46.9 Å². The van der Waals surface area contributed by atoms with Gasteiger partial charge in [-0.1, -0.05) is 49.4 Å². The number of piperidine rings is 1. The normalized spacial score (nSPS) is 14.2. The molecule has 3 aromatic carbocycles. The Morgan fingerprint density at radius 2 is 1.71 bits per heavy atom. The van der Waals surface area contributed by atoms with Gasteiger partial charge in [0.1, 0.15) is 5.75 Å². The number of fused-ring (bicyclic) bond motifs is 1. The molecule has 34 heavy (non-hydrogen) atoms. The van der Waals surface area contributed by atoms with Crippen molar-refractivity contribution < 1.29 is 9.53 Å². The Morgan fingerprint density at radius 3 is 2.44 bits per heavy atom. The molecule has 1 aliphatic heterocycles. The predicted octanol–water partition coefficient (Wildman–Crippen LogP) is 5.55. The number of benzene rings is 3. The maximum Gasteiger partial charge on any atom is 0.262 e. The molecule has 4 aromatic rings. The zero-order valence-corrected chi connectivity index (χ0v) is 19.3. The van der Waals surface area contributed by atoms with Crippen LogP contribution in [0.25, 0.3) is 22.0 Å². The van der Waals surface area contributed by atoms with Crippen LogP contribution in [0.1, 0.15) is 19.8 Å². The maximum atomic E-state index is 12.3. The minimum Gasteiger partial charge on any atom is -0.484 e. The molecule has 0 radical (unpaired) electrons. The highest BCUT2D eigenvalue weighted by atomic mass is 16.5. The van der Waals surface area contributed by atoms with Gasteiger partial charge in [-0.05, 0) is 65.9 Å². The highest BCUT2D eigenvalue weighted by molar-refractivity contribution is 5.92. The van der Waals surface area contributed by atoms with Gasteiger partial charge >= 0.3 is 0 Å². The van der Waals surface area contributed by atoms with E-state index in [-0.39, 0.29) is 12.5 Å². The largest absolute Gasteiger partial charge is 0.484 e. The molecule has 1 fully saturated rings. The number of carbonyl (C=O) groups is 1. The van der Waals surface area contributed by atoms with Crippen LogP contribution < -0.4 is 15.0 Å². The number of rotatable bonds is 6. The standard InChI is InChI=1S/C28H28N4O2/c1-20-14-16-32(17-15-20)27-13-12-26(30-31-27)22-6-9-24(10-7-22)29-28(33)19-34-25-11-8-21-4-2-3-5-23(21)18-25/h2-13,18,20H,14-17,19H2,1H3,(H,29,33). The summed E-state index contributed by atoms with van der Waals surface area (Å²) < 4.78 is 5.67. The Labute approximate surface area is 199 Å². The fourth-order valence-corrected chi connectivity index (χ4v) is 4.21. The van der Waals surface area contributed by atoms with Gasteiger partial charge in [0.2, 0.25) is 0 Å². The van der Waals surface area contributed by atoms with E-state index in [1.165, 1.54) is 12.8 Å². The molecule has 6 heteroatoms. The van der Waals surface area contributed by atoms with Gasteiger partial charge in [-0.3, -0.25) is 4.79 Å². The molecule has 0 aliphatic carbocycles. The minimum absolute atomic E-state index is 0.0533. The van der Waals surface area contributed by atoms with Crippen LogP contribution in [-0.4, -0.2) is 35.8 Å². The molecular formula is C28H28N4O2. The van der Waals surface area contributed by atoms with Crippen molar-refractivity contribution in [2.24, 2.45) is 5.92 Å². The first-order chi connectivity index (χ1) is 16.6. The molecule has 1 aliphatic rings. The summed E-state index contributed by atoms with van der Waals surface area (Å²) in [5, 5.41) is 14.0. The molecule has 172 valence electrons. The summed E-state index contributed by atoms with van der Waals surface area (Å²) in [6, 6.07) is 25.5. The van der Waals surface area contributed by atoms with Crippen molar-refractivity contribution in [1.82, 2.24) is 10.2 Å². The lowest BCUT2D eigenvalue weighted by molar-refractivity contribution is -0.118. The number of nitrogens with one attached hydrogen (secondary N) is 1. The van der Waals surface area contributed by atoms with Gasteiger partial charge in [0, 0.05) is 24.3 Å². The molecule has 1 saturated heterocycles. The predicted molar refractivity (Wildman–Crippen MR) is 136 cm³/mol. The minimum atomic E-state index is -0.207. The van der Waals surface area contributed by atoms with Gasteiger partial charge in [-0.15, -0.1) is 10.2 Å². The van der Waals surface area contributed by atoms with Gasteiger partial charge in [0.05, 0.1) is 5.69 Å². The van der Waals surface area contributed by atoms with Crippen molar-refractivity contribution in [3.63, 3.8) is 0 Å². The van der Waals surface area contributed by atoms with E-state index in [0.29, 0.717) is 11.4 Å². The van der Waals surface area contributed by atoms with Crippen LogP contribution in [0.4, 0.5) is 11.5 Å². The van der Waals surface area contributed by atoms with Gasteiger partial charge in [-0.2, -0.15) is 0 Å². The number of hydrogen-bond acceptors (Lipinski definition) is 5. The smallest absolute Gasteiger partial charge is 0.262 e. The Morgan fingerprint density at radius 1 is 0.941 bits per heavy atom. The second-order valence-electron chi connectivity index (χ2n) is 8.87. The van der Waals surface area contributed by atoms with Crippen LogP contribution in [0.15, 0.2) is 78.9 Å². The Hall–Kier alpha value is -3.93. The third kappa shape index (κ3) is 5.17. The van der Waals surface area contributed by atoms with Crippen LogP contribution in [-0.2, 0) is 4.79 Å². The van der Waals surface area contributed by atoms with Crippen molar-refractivity contribution in [2.45, 2.75) is 19.8 Å². The number of anilines is 2. The Balaban J connectivity index is 1.15. The summed E-state index contributed by atoms with van der Waals surface area (Å²) in [7, 11) is 0. The Bertz CT molecular complexity index is 1260. The first kappa shape index (κ1) is 21.9. The lowest BCUT2D eigenvalue weighted by Crippen LogP contribution is -2.33. The zero-order chi connectivity index (χ0) is 23.3. The number of ether oxygens (including phenoxy) is 1. The number of hydrogen-bond donors (Lipinski definition) is 1. The van der Waals surface area contributed by atoms with E-state index in [9.17, 15) is 4.79 Å². The topological polar surface area (TPSA) is 67.4 Å². The second kappa shape index (κ2) is 9.91. The molecule has 0 spiro atoms. The van der Waals surface area contributed by atoms with Crippen molar-refractivity contribution in [1.29, 1.82) is 0 Å². The molecule has 2 heterocycles. The lowest BCUT2D eigenvalue weighted by Gasteiger charge is -2.30. The lowest BCUT2D eigenvalue weighted by atomic mass is 9.99. The summed E-state index contributed by atoms with van der Waals surface area (Å²) in [5.41, 5.74) is 2.48. The van der Waals surface area contributed by atoms with Crippen molar-refractivity contribution >= 4 is 28.2 Å². The summed E-state index contributed by atoms with van der Waals surface area (Å²) in [4.78, 5) is 14.7. The average molecular weight is 453 g/mol. The van der Waals surface area contributed by atoms with E-state index in [1.807, 2.05) is 78.9 Å². The van der Waals surface area contributed by atoms with E-state index in [2.05, 4.69) is 27.3 Å². The van der Waals surface area contributed by atoms with E-state index in [1.54, 1.807) is 0 Å². The zero-order valence-electron chi connectivity index (χ0n) is 19.3. The van der Waals surface area contributed by atoms with Crippen LogP contribution >= 0.6 is 0 Å². The fourth-order valence-electron chi connectivity index (χ4n) is 4.21. The average Bonchev–Trinajstić information content (AvgIpc) is 2.88. The molecular weight excluding hydrogens is 424 g/mol. The molecule has 5 rings (SSSR count). The molecule has 6 nitrogen and oxygen atoms in total. The van der Waals surface area contributed by atoms with Crippen molar-refractivity contribution in [3.05, 3.63) is 78.9 Å². The number of carbonyl (C=O) groups excluding carboxylic acids is 1. The van der Waals surface area contributed by atoms with Crippen LogP contribution in [0.2, 0.25) is 0 Å². The van der Waals surface area contributed by atoms with Crippen LogP contribution in [0.3, 0.4) is 0 Å². The monoisotopic (exact) mass is 452 g/mol. The van der Waals surface area contributed by atoms with Crippen molar-refractivity contribution in [2.75, 3.05) is 29.9 Å². The second-order valence-corrected chi connectivity index (χ2v) is 8.87. The third-order valence-electron chi connectivity index (χ3n) is 6.31. The molecule has 0 unspecified atom stereocenters. The highest BCUT2D eigenvalue weighted by Crippen LogP contribution is 2.24. The number of nitrogens with zero attached hydrogens (tertiary/aromatic N) is 3. The molecule has 0 saturated carbocycles. The van der Waals surface area contributed by atoms with Crippen LogP contribution in [0.5, 0.6) is 5.75 Å². The molecule has 1 amide bonds. The first-order valence-corrected chi connectivity index (χ1v) is 11.7. The molecule has 0 atom stereocenters. The fraction of sp³-hybridized carbons (Fsp3) is 0.250. The molecule has 1 N–H and O–H groups in total. The van der Waals surface area contributed by atoms with E-state index in [4.69, 9.17) is 4.74 Å². The number of amides is 1. The van der Waals surface area contributed by atoms with Gasteiger partial charge < -0.3 is 15.0 Å². The van der Waals surface area contributed by atoms with Gasteiger partial charge in [-0.25, -0.2) is 0 Å². The molecule has 0 bridgehead atoms. The summed E-state index contributed by atoms with van der Waals surface area (Å²) in [6.07, 6.45) is 2.40. The van der Waals surface area contributed by atoms with Crippen molar-refractivity contribution in [3.8, 4) is 17.0 Å². The molecule has 1 aromatic heterocycles. The summed E-state index contributed by atoms with van der Waals surface area (Å²) >= 11 is 0. The Kier molecular flexibility index (Phi) is 6.38. The van der Waals surface area contributed by atoms with Gasteiger partial charge in [0.15, 0.2) is 12.4 Å². The van der Waals surface area contributed by atoms with Gasteiger partial charge in [0.25, 0.3) is 5.91 Å². The summed E-state index contributed by atoms with van der Waals surface area (Å²) in [6.45, 7) is 4.32. The maximum absolute atomic E-state index is 12.3. The van der Waals surface area contributed by atoms with E-state index < -0.39 is 0 Å². The van der Waals surface area contributed by atoms with Crippen LogP contribution in [0, 0.1) is 5.92 Å². The number of aromatic nitrogens is 2. The SMILES string of the molecule is CC1CCN(c2ccc(-c3ccc(NC(=O)COc4ccc5ccccc5c4)cc3)nn2)CC1.